The Labute approximate surface area is 128 Å². The number of carbonyl (C=O) groups excluding carboxylic acids is 1. The van der Waals surface area contributed by atoms with Gasteiger partial charge in [-0.15, -0.1) is 0 Å². The number of aryl methyl sites for hydroxylation is 1. The molecule has 0 spiro atoms. The number of phenols is 2. The van der Waals surface area contributed by atoms with Gasteiger partial charge in [0.25, 0.3) is 5.91 Å². The highest BCUT2D eigenvalue weighted by molar-refractivity contribution is 6.04. The first-order chi connectivity index (χ1) is 10.5. The third-order valence-corrected chi connectivity index (χ3v) is 3.23. The second-order valence-electron chi connectivity index (χ2n) is 4.92. The van der Waals surface area contributed by atoms with Crippen LogP contribution in [0.5, 0.6) is 11.5 Å². The largest absolute Gasteiger partial charge is 0.508 e. The molecule has 0 aliphatic carbocycles. The molecular weight excluding hydrogens is 280 g/mol. The van der Waals surface area contributed by atoms with Gasteiger partial charge in [-0.05, 0) is 43.7 Å². The van der Waals surface area contributed by atoms with E-state index in [2.05, 4.69) is 10.5 Å². The van der Waals surface area contributed by atoms with Gasteiger partial charge < -0.3 is 10.2 Å². The fourth-order valence-corrected chi connectivity index (χ4v) is 1.97. The van der Waals surface area contributed by atoms with E-state index in [0.29, 0.717) is 23.3 Å². The van der Waals surface area contributed by atoms with Crippen LogP contribution in [-0.4, -0.2) is 21.8 Å². The Morgan fingerprint density at radius 1 is 1.14 bits per heavy atom. The van der Waals surface area contributed by atoms with Crippen molar-refractivity contribution >= 4 is 11.6 Å². The van der Waals surface area contributed by atoms with Gasteiger partial charge in [0.15, 0.2) is 0 Å². The van der Waals surface area contributed by atoms with E-state index < -0.39 is 0 Å². The standard InChI is InChI=1S/C17H18N2O3/c1-3-15(14-10-13(20)8-9-16(14)21)18-19-17(22)12-6-4-11(2)5-7-12/h4-10,20-21H,3H2,1-2H3,(H,19,22)/b18-15-. The Morgan fingerprint density at radius 2 is 1.82 bits per heavy atom. The van der Waals surface area contributed by atoms with Crippen LogP contribution in [0.25, 0.3) is 0 Å². The van der Waals surface area contributed by atoms with E-state index >= 15 is 0 Å². The van der Waals surface area contributed by atoms with Gasteiger partial charge in [-0.1, -0.05) is 24.6 Å². The van der Waals surface area contributed by atoms with E-state index in [1.54, 1.807) is 12.1 Å². The molecule has 0 heterocycles. The highest BCUT2D eigenvalue weighted by Crippen LogP contribution is 2.23. The second-order valence-corrected chi connectivity index (χ2v) is 4.92. The first-order valence-corrected chi connectivity index (χ1v) is 6.97. The minimum absolute atomic E-state index is 0.00276. The molecule has 0 aliphatic heterocycles. The predicted octanol–water partition coefficient (Wildman–Crippen LogP) is 2.95. The first kappa shape index (κ1) is 15.6. The highest BCUT2D eigenvalue weighted by atomic mass is 16.3. The van der Waals surface area contributed by atoms with Crippen molar-refractivity contribution in [3.63, 3.8) is 0 Å². The van der Waals surface area contributed by atoms with Crippen molar-refractivity contribution in [1.82, 2.24) is 5.43 Å². The number of hydrogen-bond acceptors (Lipinski definition) is 4. The van der Waals surface area contributed by atoms with Crippen LogP contribution in [0.4, 0.5) is 0 Å². The molecule has 5 nitrogen and oxygen atoms in total. The molecule has 5 heteroatoms. The topological polar surface area (TPSA) is 81.9 Å². The van der Waals surface area contributed by atoms with Gasteiger partial charge >= 0.3 is 0 Å². The molecule has 3 N–H and O–H groups in total. The van der Waals surface area contributed by atoms with Gasteiger partial charge in [-0.2, -0.15) is 5.10 Å². The third-order valence-electron chi connectivity index (χ3n) is 3.23. The number of hydrogen-bond donors (Lipinski definition) is 3. The van der Waals surface area contributed by atoms with E-state index in [9.17, 15) is 15.0 Å². The smallest absolute Gasteiger partial charge is 0.271 e. The summed E-state index contributed by atoms with van der Waals surface area (Å²) >= 11 is 0. The number of carbonyl (C=O) groups is 1. The van der Waals surface area contributed by atoms with Crippen LogP contribution in [0.1, 0.15) is 34.8 Å². The lowest BCUT2D eigenvalue weighted by Crippen LogP contribution is -2.20. The fourth-order valence-electron chi connectivity index (χ4n) is 1.97. The van der Waals surface area contributed by atoms with Crippen molar-refractivity contribution in [1.29, 1.82) is 0 Å². The van der Waals surface area contributed by atoms with Crippen LogP contribution in [0, 0.1) is 6.92 Å². The average Bonchev–Trinajstić information content (AvgIpc) is 2.51. The first-order valence-electron chi connectivity index (χ1n) is 6.97. The summed E-state index contributed by atoms with van der Waals surface area (Å²) in [6.07, 6.45) is 0.491. The molecule has 2 rings (SSSR count). The summed E-state index contributed by atoms with van der Waals surface area (Å²) in [5, 5.41) is 23.4. The lowest BCUT2D eigenvalue weighted by atomic mass is 10.1. The Balaban J connectivity index is 2.20. The van der Waals surface area contributed by atoms with Crippen molar-refractivity contribution in [3.05, 3.63) is 59.2 Å². The predicted molar refractivity (Wildman–Crippen MR) is 85.2 cm³/mol. The van der Waals surface area contributed by atoms with Crippen LogP contribution < -0.4 is 5.43 Å². The summed E-state index contributed by atoms with van der Waals surface area (Å²) in [6, 6.07) is 11.3. The second kappa shape index (κ2) is 6.76. The van der Waals surface area contributed by atoms with Gasteiger partial charge in [-0.25, -0.2) is 5.43 Å². The normalized spacial score (nSPS) is 11.3. The molecule has 0 saturated carbocycles. The summed E-state index contributed by atoms with van der Waals surface area (Å²) in [7, 11) is 0. The monoisotopic (exact) mass is 298 g/mol. The maximum absolute atomic E-state index is 12.0. The zero-order chi connectivity index (χ0) is 16.1. The van der Waals surface area contributed by atoms with E-state index in [1.807, 2.05) is 26.0 Å². The number of hydrazone groups is 1. The lowest BCUT2D eigenvalue weighted by Gasteiger charge is -2.08. The van der Waals surface area contributed by atoms with E-state index in [4.69, 9.17) is 0 Å². The fraction of sp³-hybridized carbons (Fsp3) is 0.176. The van der Waals surface area contributed by atoms with Crippen LogP contribution >= 0.6 is 0 Å². The Hall–Kier alpha value is -2.82. The van der Waals surface area contributed by atoms with Crippen molar-refractivity contribution in [2.45, 2.75) is 20.3 Å². The zero-order valence-corrected chi connectivity index (χ0v) is 12.5. The molecule has 2 aromatic rings. The summed E-state index contributed by atoms with van der Waals surface area (Å²) in [5.74, 6) is -0.299. The quantitative estimate of drug-likeness (QED) is 0.461. The lowest BCUT2D eigenvalue weighted by molar-refractivity contribution is 0.0955. The van der Waals surface area contributed by atoms with E-state index in [0.717, 1.165) is 5.56 Å². The number of aromatic hydroxyl groups is 2. The molecule has 0 radical (unpaired) electrons. The van der Waals surface area contributed by atoms with Gasteiger partial charge in [-0.3, -0.25) is 4.79 Å². The molecule has 22 heavy (non-hydrogen) atoms. The number of rotatable bonds is 4. The summed E-state index contributed by atoms with van der Waals surface area (Å²) in [4.78, 5) is 12.0. The molecule has 0 unspecified atom stereocenters. The number of phenolic OH excluding ortho intramolecular Hbond substituents is 2. The minimum Gasteiger partial charge on any atom is -0.508 e. The van der Waals surface area contributed by atoms with Gasteiger partial charge in [0, 0.05) is 11.1 Å². The van der Waals surface area contributed by atoms with Gasteiger partial charge in [0.05, 0.1) is 5.71 Å². The highest BCUT2D eigenvalue weighted by Gasteiger charge is 2.10. The number of nitrogens with one attached hydrogen (secondary N) is 1. The number of nitrogens with zero attached hydrogens (tertiary/aromatic N) is 1. The van der Waals surface area contributed by atoms with E-state index in [1.165, 1.54) is 18.2 Å². The molecule has 0 saturated heterocycles. The molecular formula is C17H18N2O3. The maximum Gasteiger partial charge on any atom is 0.271 e. The molecule has 0 aliphatic rings. The molecule has 0 aromatic heterocycles. The molecule has 114 valence electrons. The SMILES string of the molecule is CC/C(=N/NC(=O)c1ccc(C)cc1)c1cc(O)ccc1O. The average molecular weight is 298 g/mol. The minimum atomic E-state index is -0.328. The Kier molecular flexibility index (Phi) is 4.78. The molecule has 0 fully saturated rings. The zero-order valence-electron chi connectivity index (χ0n) is 12.5. The third kappa shape index (κ3) is 3.63. The number of amides is 1. The van der Waals surface area contributed by atoms with Gasteiger partial charge in [0.2, 0.25) is 0 Å². The van der Waals surface area contributed by atoms with Crippen LogP contribution in [0.3, 0.4) is 0 Å². The van der Waals surface area contributed by atoms with Crippen LogP contribution in [0.2, 0.25) is 0 Å². The van der Waals surface area contributed by atoms with Crippen molar-refractivity contribution in [2.24, 2.45) is 5.10 Å². The van der Waals surface area contributed by atoms with Crippen LogP contribution in [0.15, 0.2) is 47.6 Å². The summed E-state index contributed by atoms with van der Waals surface area (Å²) in [5.41, 5.74) is 4.92. The van der Waals surface area contributed by atoms with E-state index in [-0.39, 0.29) is 17.4 Å². The molecule has 2 aromatic carbocycles. The maximum atomic E-state index is 12.0. The Bertz CT molecular complexity index is 706. The summed E-state index contributed by atoms with van der Waals surface area (Å²) in [6.45, 7) is 3.79. The molecule has 0 atom stereocenters. The number of benzene rings is 2. The van der Waals surface area contributed by atoms with Crippen LogP contribution in [-0.2, 0) is 0 Å². The Morgan fingerprint density at radius 3 is 2.45 bits per heavy atom. The molecule has 1 amide bonds. The van der Waals surface area contributed by atoms with Crippen molar-refractivity contribution in [3.8, 4) is 11.5 Å². The summed E-state index contributed by atoms with van der Waals surface area (Å²) < 4.78 is 0. The molecule has 0 bridgehead atoms. The van der Waals surface area contributed by atoms with Crippen molar-refractivity contribution < 1.29 is 15.0 Å². The van der Waals surface area contributed by atoms with Crippen molar-refractivity contribution in [2.75, 3.05) is 0 Å². The van der Waals surface area contributed by atoms with Gasteiger partial charge in [0.1, 0.15) is 11.5 Å².